The van der Waals surface area contributed by atoms with Gasteiger partial charge >= 0.3 is 0 Å². The Balaban J connectivity index is 0.00000210. The van der Waals surface area contributed by atoms with Gasteiger partial charge in [0.2, 0.25) is 0 Å². The summed E-state index contributed by atoms with van der Waals surface area (Å²) in [6, 6.07) is 13.9. The molecule has 27 heavy (non-hydrogen) atoms. The van der Waals surface area contributed by atoms with Gasteiger partial charge in [-0.25, -0.2) is 0 Å². The van der Waals surface area contributed by atoms with Crippen LogP contribution in [0.2, 0.25) is 0 Å². The maximum absolute atomic E-state index is 12.9. The van der Waals surface area contributed by atoms with Gasteiger partial charge in [0.25, 0.3) is 5.91 Å². The number of benzene rings is 1. The predicted molar refractivity (Wildman–Crippen MR) is 100 cm³/mol. The Kier molecular flexibility index (Phi) is 6.14. The summed E-state index contributed by atoms with van der Waals surface area (Å²) in [6.45, 7) is 6.51. The number of para-hydroxylation sites is 1. The lowest BCUT2D eigenvalue weighted by molar-refractivity contribution is -0.903. The van der Waals surface area contributed by atoms with Gasteiger partial charge in [0.05, 0.1) is 32.7 Å². The van der Waals surface area contributed by atoms with E-state index in [4.69, 9.17) is 4.42 Å². The Morgan fingerprint density at radius 3 is 2.59 bits per heavy atom. The minimum absolute atomic E-state index is 0. The van der Waals surface area contributed by atoms with Crippen molar-refractivity contribution in [1.82, 2.24) is 9.88 Å². The van der Waals surface area contributed by atoms with Gasteiger partial charge in [-0.2, -0.15) is 0 Å². The largest absolute Gasteiger partial charge is 1.00 e. The van der Waals surface area contributed by atoms with Crippen LogP contribution in [0, 0.1) is 6.92 Å². The van der Waals surface area contributed by atoms with E-state index >= 15 is 0 Å². The summed E-state index contributed by atoms with van der Waals surface area (Å²) < 4.78 is 5.84. The highest BCUT2D eigenvalue weighted by Gasteiger charge is 2.28. The van der Waals surface area contributed by atoms with Gasteiger partial charge in [-0.3, -0.25) is 9.78 Å². The van der Waals surface area contributed by atoms with Crippen molar-refractivity contribution in [3.63, 3.8) is 0 Å². The number of hydrogen-bond donors (Lipinski definition) is 1. The van der Waals surface area contributed by atoms with Crippen LogP contribution in [-0.4, -0.2) is 48.5 Å². The smallest absolute Gasteiger partial charge is 0.290 e. The van der Waals surface area contributed by atoms with Crippen LogP contribution in [0.15, 0.2) is 53.1 Å². The molecule has 0 spiro atoms. The minimum Gasteiger partial charge on any atom is -1.00 e. The summed E-state index contributed by atoms with van der Waals surface area (Å²) in [5.74, 6) is 0.505. The van der Waals surface area contributed by atoms with Crippen LogP contribution in [-0.2, 0) is 6.42 Å². The molecule has 1 aliphatic rings. The normalized spacial score (nSPS) is 14.9. The molecule has 1 aliphatic heterocycles. The molecule has 0 saturated carbocycles. The van der Waals surface area contributed by atoms with Crippen LogP contribution in [0.3, 0.4) is 0 Å². The third kappa shape index (κ3) is 4.15. The zero-order chi connectivity index (χ0) is 17.9. The standard InChI is InChI=1S/C21H23N3O2.ClH/c1-16-18-7-2-3-8-19(18)26-20(16)21(25)24-14-12-23(13-15-24)11-9-17-6-4-5-10-22-17;/h2-8,10H,9,11-15H2,1H3;1H. The molecular weight excluding hydrogens is 362 g/mol. The zero-order valence-corrected chi connectivity index (χ0v) is 16.2. The number of carbonyl (C=O) groups excluding carboxylic acids is 1. The highest BCUT2D eigenvalue weighted by molar-refractivity contribution is 5.98. The summed E-state index contributed by atoms with van der Waals surface area (Å²) in [5, 5.41) is 1.02. The average Bonchev–Trinajstić information content (AvgIpc) is 3.04. The molecule has 3 heterocycles. The molecule has 3 aromatic rings. The Labute approximate surface area is 165 Å². The van der Waals surface area contributed by atoms with E-state index < -0.39 is 0 Å². The number of amides is 1. The molecule has 1 N–H and O–H groups in total. The molecule has 4 rings (SSSR count). The van der Waals surface area contributed by atoms with Crippen LogP contribution in [0.4, 0.5) is 0 Å². The second-order valence-corrected chi connectivity index (χ2v) is 6.92. The predicted octanol–water partition coefficient (Wildman–Crippen LogP) is -1.28. The van der Waals surface area contributed by atoms with Crippen molar-refractivity contribution in [2.24, 2.45) is 0 Å². The van der Waals surface area contributed by atoms with Crippen molar-refractivity contribution in [2.45, 2.75) is 13.3 Å². The number of rotatable bonds is 4. The fraction of sp³-hybridized carbons (Fsp3) is 0.333. The number of hydrogen-bond acceptors (Lipinski definition) is 3. The molecule has 0 aliphatic carbocycles. The third-order valence-corrected chi connectivity index (χ3v) is 5.26. The van der Waals surface area contributed by atoms with Crippen LogP contribution in [0.25, 0.3) is 11.0 Å². The number of fused-ring (bicyclic) bond motifs is 1. The number of nitrogens with one attached hydrogen (secondary N) is 1. The average molecular weight is 386 g/mol. The van der Waals surface area contributed by atoms with E-state index in [0.717, 1.165) is 61.4 Å². The van der Waals surface area contributed by atoms with Gasteiger partial charge in [0.1, 0.15) is 5.58 Å². The fourth-order valence-corrected chi connectivity index (χ4v) is 3.65. The first-order valence-corrected chi connectivity index (χ1v) is 9.23. The minimum atomic E-state index is 0. The Hall–Kier alpha value is -2.37. The van der Waals surface area contributed by atoms with E-state index in [1.165, 1.54) is 4.90 Å². The third-order valence-electron chi connectivity index (χ3n) is 5.26. The number of furan rings is 1. The maximum Gasteiger partial charge on any atom is 0.290 e. The quantitative estimate of drug-likeness (QED) is 0.609. The molecule has 6 heteroatoms. The highest BCUT2D eigenvalue weighted by Crippen LogP contribution is 2.25. The zero-order valence-electron chi connectivity index (χ0n) is 15.5. The van der Waals surface area contributed by atoms with Gasteiger partial charge in [-0.15, -0.1) is 0 Å². The van der Waals surface area contributed by atoms with E-state index in [0.29, 0.717) is 5.76 Å². The van der Waals surface area contributed by atoms with Crippen molar-refractivity contribution in [1.29, 1.82) is 0 Å². The van der Waals surface area contributed by atoms with Gasteiger partial charge < -0.3 is 26.6 Å². The molecule has 0 bridgehead atoms. The monoisotopic (exact) mass is 385 g/mol. The van der Waals surface area contributed by atoms with Gasteiger partial charge in [0.15, 0.2) is 5.76 Å². The van der Waals surface area contributed by atoms with Crippen molar-refractivity contribution < 1.29 is 26.5 Å². The van der Waals surface area contributed by atoms with E-state index in [1.54, 1.807) is 0 Å². The van der Waals surface area contributed by atoms with Gasteiger partial charge in [-0.05, 0) is 25.1 Å². The van der Waals surface area contributed by atoms with Crippen LogP contribution < -0.4 is 17.3 Å². The summed E-state index contributed by atoms with van der Waals surface area (Å²) in [5.41, 5.74) is 2.86. The topological polar surface area (TPSA) is 50.8 Å². The first-order valence-electron chi connectivity index (χ1n) is 9.23. The first-order chi connectivity index (χ1) is 12.7. The molecule has 1 fully saturated rings. The molecule has 1 amide bonds. The van der Waals surface area contributed by atoms with E-state index in [1.807, 2.05) is 54.4 Å². The van der Waals surface area contributed by atoms with Gasteiger partial charge in [-0.1, -0.05) is 24.3 Å². The number of halogens is 1. The van der Waals surface area contributed by atoms with E-state index in [-0.39, 0.29) is 18.3 Å². The van der Waals surface area contributed by atoms with Crippen LogP contribution in [0.5, 0.6) is 0 Å². The molecule has 1 aromatic carbocycles. The van der Waals surface area contributed by atoms with Crippen LogP contribution in [0.1, 0.15) is 21.8 Å². The summed E-state index contributed by atoms with van der Waals surface area (Å²) in [6.07, 6.45) is 2.82. The van der Waals surface area contributed by atoms with Crippen molar-refractivity contribution in [3.05, 3.63) is 65.7 Å². The molecule has 142 valence electrons. The molecule has 5 nitrogen and oxygen atoms in total. The van der Waals surface area contributed by atoms with E-state index in [9.17, 15) is 4.79 Å². The summed E-state index contributed by atoms with van der Waals surface area (Å²) in [7, 11) is 0. The Morgan fingerprint density at radius 1 is 1.15 bits per heavy atom. The number of carbonyl (C=O) groups is 1. The molecule has 1 saturated heterocycles. The summed E-state index contributed by atoms with van der Waals surface area (Å²) in [4.78, 5) is 20.7. The second-order valence-electron chi connectivity index (χ2n) is 6.92. The molecular formula is C21H24ClN3O2. The maximum atomic E-state index is 12.9. The van der Waals surface area contributed by atoms with Gasteiger partial charge in [0, 0.05) is 29.3 Å². The Bertz CT molecular complexity index is 902. The number of quaternary nitrogens is 1. The number of aromatic nitrogens is 1. The molecule has 0 atom stereocenters. The lowest BCUT2D eigenvalue weighted by Gasteiger charge is -2.31. The number of piperazine rings is 1. The van der Waals surface area contributed by atoms with E-state index in [2.05, 4.69) is 11.1 Å². The lowest BCUT2D eigenvalue weighted by atomic mass is 10.1. The molecule has 2 aromatic heterocycles. The number of aryl methyl sites for hydroxylation is 1. The fourth-order valence-electron chi connectivity index (χ4n) is 3.65. The Morgan fingerprint density at radius 2 is 1.89 bits per heavy atom. The first kappa shape index (κ1) is 19.4. The van der Waals surface area contributed by atoms with Crippen LogP contribution >= 0.6 is 0 Å². The highest BCUT2D eigenvalue weighted by atomic mass is 35.5. The van der Waals surface area contributed by atoms with Crippen molar-refractivity contribution in [3.8, 4) is 0 Å². The lowest BCUT2D eigenvalue weighted by Crippen LogP contribution is -3.15. The van der Waals surface area contributed by atoms with Crippen molar-refractivity contribution in [2.75, 3.05) is 32.7 Å². The summed E-state index contributed by atoms with van der Waals surface area (Å²) >= 11 is 0. The molecule has 0 unspecified atom stereocenters. The number of nitrogens with zero attached hydrogens (tertiary/aromatic N) is 2. The SMILES string of the molecule is Cc1c(C(=O)N2CC[NH+](CCc3ccccn3)CC2)oc2ccccc12.[Cl-]. The second kappa shape index (κ2) is 8.55. The number of pyridine rings is 1. The molecule has 0 radical (unpaired) electrons. The van der Waals surface area contributed by atoms with Crippen molar-refractivity contribution >= 4 is 16.9 Å².